The van der Waals surface area contributed by atoms with Gasteiger partial charge in [0.25, 0.3) is 5.91 Å². The second kappa shape index (κ2) is 7.68. The average Bonchev–Trinajstić information content (AvgIpc) is 2.62. The molecule has 0 spiro atoms. The Balaban J connectivity index is 1.45. The fourth-order valence-electron chi connectivity index (χ4n) is 2.47. The number of rotatable bonds is 6. The first kappa shape index (κ1) is 16.1. The van der Waals surface area contributed by atoms with E-state index < -0.39 is 0 Å². The molecule has 1 aliphatic heterocycles. The molecule has 2 N–H and O–H groups in total. The molecule has 2 aromatic rings. The van der Waals surface area contributed by atoms with Crippen LogP contribution in [0.5, 0.6) is 11.5 Å². The van der Waals surface area contributed by atoms with Crippen molar-refractivity contribution in [3.63, 3.8) is 0 Å². The fraction of sp³-hybridized carbons (Fsp3) is 0.333. The lowest BCUT2D eigenvalue weighted by Gasteiger charge is -2.26. The zero-order chi connectivity index (χ0) is 16.8. The fourth-order valence-corrected chi connectivity index (χ4v) is 2.47. The number of para-hydroxylation sites is 2. The maximum atomic E-state index is 12.1. The summed E-state index contributed by atoms with van der Waals surface area (Å²) in [6, 6.07) is 11.2. The van der Waals surface area contributed by atoms with Crippen LogP contribution in [0.2, 0.25) is 0 Å². The number of carbonyl (C=O) groups is 1. The summed E-state index contributed by atoms with van der Waals surface area (Å²) in [5, 5.41) is 5.98. The molecule has 1 aromatic carbocycles. The summed E-state index contributed by atoms with van der Waals surface area (Å²) in [6.07, 6.45) is 2.20. The number of hydrogen-bond acceptors (Lipinski definition) is 5. The average molecular weight is 327 g/mol. The molecule has 0 radical (unpaired) electrons. The number of ether oxygens (including phenoxy) is 2. The Morgan fingerprint density at radius 2 is 2.08 bits per heavy atom. The minimum Gasteiger partial charge on any atom is -0.486 e. The molecule has 24 heavy (non-hydrogen) atoms. The highest BCUT2D eigenvalue weighted by molar-refractivity contribution is 5.94. The van der Waals surface area contributed by atoms with Crippen molar-refractivity contribution in [1.29, 1.82) is 0 Å². The molecule has 1 amide bonds. The number of nitrogens with one attached hydrogen (secondary N) is 2. The van der Waals surface area contributed by atoms with Gasteiger partial charge in [-0.2, -0.15) is 0 Å². The molecule has 1 aliphatic rings. The molecular formula is C18H21N3O3. The first-order valence-corrected chi connectivity index (χ1v) is 8.13. The topological polar surface area (TPSA) is 72.5 Å². The summed E-state index contributed by atoms with van der Waals surface area (Å²) < 4.78 is 11.5. The number of pyridine rings is 1. The molecular weight excluding hydrogens is 306 g/mol. The van der Waals surface area contributed by atoms with E-state index in [0.29, 0.717) is 25.1 Å². The number of fused-ring (bicyclic) bond motifs is 1. The van der Waals surface area contributed by atoms with Gasteiger partial charge in [-0.1, -0.05) is 12.1 Å². The van der Waals surface area contributed by atoms with Crippen molar-refractivity contribution < 1.29 is 14.3 Å². The van der Waals surface area contributed by atoms with Crippen molar-refractivity contribution in [1.82, 2.24) is 10.3 Å². The first-order valence-electron chi connectivity index (χ1n) is 8.13. The molecule has 0 unspecified atom stereocenters. The van der Waals surface area contributed by atoms with Crippen LogP contribution < -0.4 is 20.1 Å². The Labute approximate surface area is 141 Å². The summed E-state index contributed by atoms with van der Waals surface area (Å²) in [5.41, 5.74) is 0.544. The molecule has 3 rings (SSSR count). The molecule has 6 nitrogen and oxygen atoms in total. The van der Waals surface area contributed by atoms with Crippen LogP contribution in [0.15, 0.2) is 42.6 Å². The zero-order valence-electron chi connectivity index (χ0n) is 13.6. The molecule has 2 heterocycles. The van der Waals surface area contributed by atoms with Crippen LogP contribution in [0.25, 0.3) is 0 Å². The Morgan fingerprint density at radius 3 is 2.83 bits per heavy atom. The molecule has 1 atom stereocenters. The Kier molecular flexibility index (Phi) is 5.15. The highest BCUT2D eigenvalue weighted by Gasteiger charge is 2.20. The van der Waals surface area contributed by atoms with E-state index in [4.69, 9.17) is 9.47 Å². The number of carbonyl (C=O) groups excluding carboxylic acids is 1. The molecule has 0 bridgehead atoms. The van der Waals surface area contributed by atoms with E-state index in [-0.39, 0.29) is 12.0 Å². The molecule has 126 valence electrons. The van der Waals surface area contributed by atoms with Gasteiger partial charge in [0.1, 0.15) is 18.5 Å². The van der Waals surface area contributed by atoms with E-state index in [0.717, 1.165) is 23.9 Å². The summed E-state index contributed by atoms with van der Waals surface area (Å²) in [5.74, 6) is 2.15. The van der Waals surface area contributed by atoms with E-state index in [9.17, 15) is 4.79 Å². The van der Waals surface area contributed by atoms with Crippen LogP contribution in [-0.2, 0) is 0 Å². The predicted molar refractivity (Wildman–Crippen MR) is 91.7 cm³/mol. The number of amides is 1. The maximum Gasteiger partial charge on any atom is 0.252 e. The van der Waals surface area contributed by atoms with Crippen LogP contribution in [0.1, 0.15) is 23.7 Å². The van der Waals surface area contributed by atoms with Gasteiger partial charge in [0, 0.05) is 25.7 Å². The third kappa shape index (κ3) is 3.95. The number of anilines is 1. The van der Waals surface area contributed by atoms with Gasteiger partial charge in [-0.25, -0.2) is 4.98 Å². The zero-order valence-corrected chi connectivity index (χ0v) is 13.6. The van der Waals surface area contributed by atoms with Crippen LogP contribution in [0.4, 0.5) is 5.82 Å². The van der Waals surface area contributed by atoms with Gasteiger partial charge >= 0.3 is 0 Å². The van der Waals surface area contributed by atoms with Crippen molar-refractivity contribution >= 4 is 11.7 Å². The van der Waals surface area contributed by atoms with Crippen LogP contribution in [0.3, 0.4) is 0 Å². The minimum atomic E-state index is -0.136. The Bertz CT molecular complexity index is 688. The Morgan fingerprint density at radius 1 is 1.25 bits per heavy atom. The number of benzene rings is 1. The standard InChI is InChI=1S/C18H21N3O3/c1-2-19-17-8-7-13(11-21-17)18(22)20-10-9-14-12-23-15-5-3-4-6-16(15)24-14/h3-8,11,14H,2,9-10,12H2,1H3,(H,19,21)(H,20,22)/t14-/m1/s1. The third-order valence-corrected chi connectivity index (χ3v) is 3.70. The smallest absolute Gasteiger partial charge is 0.252 e. The van der Waals surface area contributed by atoms with Gasteiger partial charge in [0.05, 0.1) is 5.56 Å². The monoisotopic (exact) mass is 327 g/mol. The molecule has 0 saturated carbocycles. The largest absolute Gasteiger partial charge is 0.486 e. The van der Waals surface area contributed by atoms with Crippen molar-refractivity contribution in [2.45, 2.75) is 19.4 Å². The molecule has 0 aliphatic carbocycles. The van der Waals surface area contributed by atoms with Crippen molar-refractivity contribution in [3.05, 3.63) is 48.2 Å². The van der Waals surface area contributed by atoms with E-state index in [1.54, 1.807) is 18.3 Å². The summed E-state index contributed by atoms with van der Waals surface area (Å²) in [4.78, 5) is 16.3. The lowest BCUT2D eigenvalue weighted by Crippen LogP contribution is -2.34. The lowest BCUT2D eigenvalue weighted by molar-refractivity contribution is 0.0812. The SMILES string of the molecule is CCNc1ccc(C(=O)NCC[C@@H]2COc3ccccc3O2)cn1. The van der Waals surface area contributed by atoms with Crippen molar-refractivity contribution in [2.75, 3.05) is 25.0 Å². The van der Waals surface area contributed by atoms with E-state index in [1.165, 1.54) is 0 Å². The summed E-state index contributed by atoms with van der Waals surface area (Å²) >= 11 is 0. The number of hydrogen-bond donors (Lipinski definition) is 2. The number of nitrogens with zero attached hydrogens (tertiary/aromatic N) is 1. The predicted octanol–water partition coefficient (Wildman–Crippen LogP) is 2.47. The molecule has 6 heteroatoms. The van der Waals surface area contributed by atoms with Gasteiger partial charge in [-0.05, 0) is 31.2 Å². The molecule has 0 fully saturated rings. The minimum absolute atomic E-state index is 0.0607. The third-order valence-electron chi connectivity index (χ3n) is 3.70. The van der Waals surface area contributed by atoms with E-state index in [2.05, 4.69) is 15.6 Å². The second-order valence-corrected chi connectivity index (χ2v) is 5.50. The van der Waals surface area contributed by atoms with Crippen molar-refractivity contribution in [2.24, 2.45) is 0 Å². The van der Waals surface area contributed by atoms with Gasteiger partial charge in [0.2, 0.25) is 0 Å². The highest BCUT2D eigenvalue weighted by atomic mass is 16.6. The quantitative estimate of drug-likeness (QED) is 0.853. The lowest BCUT2D eigenvalue weighted by atomic mass is 10.2. The van der Waals surface area contributed by atoms with Crippen molar-refractivity contribution in [3.8, 4) is 11.5 Å². The normalized spacial score (nSPS) is 15.6. The maximum absolute atomic E-state index is 12.1. The molecule has 1 aromatic heterocycles. The second-order valence-electron chi connectivity index (χ2n) is 5.50. The van der Waals surface area contributed by atoms with Gasteiger partial charge < -0.3 is 20.1 Å². The Hall–Kier alpha value is -2.76. The number of aromatic nitrogens is 1. The van der Waals surface area contributed by atoms with Gasteiger partial charge in [-0.3, -0.25) is 4.79 Å². The van der Waals surface area contributed by atoms with Crippen LogP contribution in [-0.4, -0.2) is 36.7 Å². The van der Waals surface area contributed by atoms with Crippen LogP contribution >= 0.6 is 0 Å². The van der Waals surface area contributed by atoms with Gasteiger partial charge in [0.15, 0.2) is 11.5 Å². The highest BCUT2D eigenvalue weighted by Crippen LogP contribution is 2.31. The summed E-state index contributed by atoms with van der Waals surface area (Å²) in [6.45, 7) is 3.80. The van der Waals surface area contributed by atoms with E-state index >= 15 is 0 Å². The van der Waals surface area contributed by atoms with E-state index in [1.807, 2.05) is 31.2 Å². The van der Waals surface area contributed by atoms with Crippen LogP contribution in [0, 0.1) is 0 Å². The molecule has 0 saturated heterocycles. The summed E-state index contributed by atoms with van der Waals surface area (Å²) in [7, 11) is 0. The first-order chi connectivity index (χ1) is 11.8. The van der Waals surface area contributed by atoms with Gasteiger partial charge in [-0.15, -0.1) is 0 Å².